The number of carbonyl (C=O) groups is 3. The van der Waals surface area contributed by atoms with Crippen molar-refractivity contribution in [2.24, 2.45) is 11.8 Å². The molecular weight excluding hydrogens is 336 g/mol. The number of likely N-dealkylation sites (tertiary alicyclic amines) is 1. The number of nitrogens with zero attached hydrogens (tertiary/aromatic N) is 1. The standard InChI is InChI=1S/C19H24N2O5/c1-5-19(18(24)26-6-2)14-13(16(22)21(3)17(14)23)15(20-19)11-7-9-12(25-4)10-8-11/h7-10,13-15,20H,5-6H2,1-4H3/t13-,14+,15-,19-/m1/s1. The van der Waals surface area contributed by atoms with Crippen molar-refractivity contribution in [2.45, 2.75) is 31.8 Å². The van der Waals surface area contributed by atoms with Crippen molar-refractivity contribution < 1.29 is 23.9 Å². The molecule has 1 aromatic rings. The van der Waals surface area contributed by atoms with Crippen LogP contribution in [0.15, 0.2) is 24.3 Å². The Hall–Kier alpha value is -2.41. The van der Waals surface area contributed by atoms with Crippen LogP contribution in [-0.2, 0) is 19.1 Å². The molecule has 7 heteroatoms. The van der Waals surface area contributed by atoms with E-state index < -0.39 is 29.4 Å². The van der Waals surface area contributed by atoms with Crippen molar-refractivity contribution in [3.8, 4) is 5.75 Å². The van der Waals surface area contributed by atoms with Gasteiger partial charge in [-0.3, -0.25) is 24.6 Å². The summed E-state index contributed by atoms with van der Waals surface area (Å²) in [6.07, 6.45) is 0.354. The molecule has 0 saturated carbocycles. The molecule has 26 heavy (non-hydrogen) atoms. The van der Waals surface area contributed by atoms with Crippen LogP contribution in [0.4, 0.5) is 0 Å². The fourth-order valence-corrected chi connectivity index (χ4v) is 4.16. The summed E-state index contributed by atoms with van der Waals surface area (Å²) in [6, 6.07) is 6.85. The van der Waals surface area contributed by atoms with E-state index in [1.807, 2.05) is 19.1 Å². The van der Waals surface area contributed by atoms with Gasteiger partial charge >= 0.3 is 5.97 Å². The van der Waals surface area contributed by atoms with Crippen LogP contribution >= 0.6 is 0 Å². The highest BCUT2D eigenvalue weighted by Crippen LogP contribution is 2.50. The second kappa shape index (κ2) is 6.72. The number of fused-ring (bicyclic) bond motifs is 1. The molecule has 0 radical (unpaired) electrons. The van der Waals surface area contributed by atoms with Crippen LogP contribution in [0, 0.1) is 11.8 Å². The maximum absolute atomic E-state index is 12.8. The Morgan fingerprint density at radius 2 is 1.85 bits per heavy atom. The van der Waals surface area contributed by atoms with E-state index in [-0.39, 0.29) is 18.4 Å². The highest BCUT2D eigenvalue weighted by Gasteiger charge is 2.67. The Morgan fingerprint density at radius 3 is 2.38 bits per heavy atom. The van der Waals surface area contributed by atoms with Crippen molar-refractivity contribution in [1.82, 2.24) is 10.2 Å². The molecule has 2 heterocycles. The number of ether oxygens (including phenoxy) is 2. The zero-order chi connectivity index (χ0) is 19.1. The van der Waals surface area contributed by atoms with E-state index in [1.165, 1.54) is 7.05 Å². The first-order valence-electron chi connectivity index (χ1n) is 8.81. The van der Waals surface area contributed by atoms with E-state index in [9.17, 15) is 14.4 Å². The first-order chi connectivity index (χ1) is 12.4. The normalized spacial score (nSPS) is 30.5. The number of rotatable bonds is 5. The monoisotopic (exact) mass is 360 g/mol. The van der Waals surface area contributed by atoms with Crippen LogP contribution < -0.4 is 10.1 Å². The fraction of sp³-hybridized carbons (Fsp3) is 0.526. The highest BCUT2D eigenvalue weighted by molar-refractivity contribution is 6.09. The van der Waals surface area contributed by atoms with Gasteiger partial charge < -0.3 is 9.47 Å². The maximum atomic E-state index is 12.8. The van der Waals surface area contributed by atoms with Gasteiger partial charge in [0.05, 0.1) is 25.6 Å². The highest BCUT2D eigenvalue weighted by atomic mass is 16.5. The molecule has 3 rings (SSSR count). The number of methoxy groups -OCH3 is 1. The summed E-state index contributed by atoms with van der Waals surface area (Å²) in [5.74, 6) is -1.79. The van der Waals surface area contributed by atoms with Crippen LogP contribution in [0.3, 0.4) is 0 Å². The number of hydrogen-bond donors (Lipinski definition) is 1. The van der Waals surface area contributed by atoms with Gasteiger partial charge in [0.25, 0.3) is 0 Å². The molecule has 2 aliphatic heterocycles. The zero-order valence-electron chi connectivity index (χ0n) is 15.4. The molecule has 0 spiro atoms. The molecule has 0 aliphatic carbocycles. The van der Waals surface area contributed by atoms with Gasteiger partial charge in [0.1, 0.15) is 11.3 Å². The molecule has 2 amide bonds. The van der Waals surface area contributed by atoms with Crippen LogP contribution in [0.1, 0.15) is 31.9 Å². The third-order valence-electron chi connectivity index (χ3n) is 5.55. The Bertz CT molecular complexity index is 732. The molecule has 1 aromatic carbocycles. The third kappa shape index (κ3) is 2.49. The van der Waals surface area contributed by atoms with Gasteiger partial charge in [-0.1, -0.05) is 19.1 Å². The predicted octanol–water partition coefficient (Wildman–Crippen LogP) is 1.28. The summed E-state index contributed by atoms with van der Waals surface area (Å²) in [7, 11) is 3.05. The fourth-order valence-electron chi connectivity index (χ4n) is 4.16. The van der Waals surface area contributed by atoms with E-state index in [4.69, 9.17) is 9.47 Å². The van der Waals surface area contributed by atoms with Crippen molar-refractivity contribution in [3.63, 3.8) is 0 Å². The van der Waals surface area contributed by atoms with E-state index >= 15 is 0 Å². The van der Waals surface area contributed by atoms with Crippen LogP contribution in [0.5, 0.6) is 5.75 Å². The molecule has 7 nitrogen and oxygen atoms in total. The van der Waals surface area contributed by atoms with Crippen LogP contribution in [-0.4, -0.2) is 49.0 Å². The maximum Gasteiger partial charge on any atom is 0.327 e. The van der Waals surface area contributed by atoms with Crippen LogP contribution in [0.2, 0.25) is 0 Å². The summed E-state index contributed by atoms with van der Waals surface area (Å²) in [6.45, 7) is 3.76. The van der Waals surface area contributed by atoms with Crippen molar-refractivity contribution in [1.29, 1.82) is 0 Å². The lowest BCUT2D eigenvalue weighted by atomic mass is 9.78. The van der Waals surface area contributed by atoms with Gasteiger partial charge in [-0.05, 0) is 31.0 Å². The van der Waals surface area contributed by atoms with Gasteiger partial charge in [0.15, 0.2) is 0 Å². The van der Waals surface area contributed by atoms with Gasteiger partial charge in [-0.2, -0.15) is 0 Å². The van der Waals surface area contributed by atoms with Crippen molar-refractivity contribution in [2.75, 3.05) is 20.8 Å². The smallest absolute Gasteiger partial charge is 0.327 e. The Balaban J connectivity index is 2.07. The first-order valence-corrected chi connectivity index (χ1v) is 8.81. The van der Waals surface area contributed by atoms with E-state index in [0.29, 0.717) is 12.2 Å². The Kier molecular flexibility index (Phi) is 4.75. The molecule has 0 bridgehead atoms. The number of esters is 1. The van der Waals surface area contributed by atoms with Gasteiger partial charge in [-0.25, -0.2) is 0 Å². The Morgan fingerprint density at radius 1 is 1.19 bits per heavy atom. The topological polar surface area (TPSA) is 84.9 Å². The lowest BCUT2D eigenvalue weighted by molar-refractivity contribution is -0.156. The summed E-state index contributed by atoms with van der Waals surface area (Å²) in [5, 5.41) is 3.29. The average Bonchev–Trinajstić information content (AvgIpc) is 3.12. The van der Waals surface area contributed by atoms with Gasteiger partial charge in [-0.15, -0.1) is 0 Å². The van der Waals surface area contributed by atoms with E-state index in [1.54, 1.807) is 26.2 Å². The van der Waals surface area contributed by atoms with Crippen LogP contribution in [0.25, 0.3) is 0 Å². The van der Waals surface area contributed by atoms with Gasteiger partial charge in [0.2, 0.25) is 11.8 Å². The predicted molar refractivity (Wildman–Crippen MR) is 93.3 cm³/mol. The van der Waals surface area contributed by atoms with E-state index in [0.717, 1.165) is 10.5 Å². The number of carbonyl (C=O) groups excluding carboxylic acids is 3. The van der Waals surface area contributed by atoms with Gasteiger partial charge in [0, 0.05) is 13.1 Å². The minimum Gasteiger partial charge on any atom is -0.497 e. The van der Waals surface area contributed by atoms with Crippen molar-refractivity contribution in [3.05, 3.63) is 29.8 Å². The molecule has 2 saturated heterocycles. The summed E-state index contributed by atoms with van der Waals surface area (Å²) in [5.41, 5.74) is -0.375. The Labute approximate surface area is 152 Å². The second-order valence-electron chi connectivity index (χ2n) is 6.68. The number of benzene rings is 1. The molecular formula is C19H24N2O5. The zero-order valence-corrected chi connectivity index (χ0v) is 15.4. The minimum atomic E-state index is -1.21. The summed E-state index contributed by atoms with van der Waals surface area (Å²) < 4.78 is 10.4. The SMILES string of the molecule is CCOC(=O)[C@]1(CC)N[C@H](c2ccc(OC)cc2)[C@@H]2C(=O)N(C)C(=O)[C@H]21. The second-order valence-corrected chi connectivity index (χ2v) is 6.68. The molecule has 2 aliphatic rings. The minimum absolute atomic E-state index is 0.213. The molecule has 0 aromatic heterocycles. The number of nitrogens with one attached hydrogen (secondary N) is 1. The molecule has 140 valence electrons. The number of amides is 2. The average molecular weight is 360 g/mol. The molecule has 4 atom stereocenters. The van der Waals surface area contributed by atoms with E-state index in [2.05, 4.69) is 5.32 Å². The first kappa shape index (κ1) is 18.4. The quantitative estimate of drug-likeness (QED) is 0.629. The molecule has 2 fully saturated rings. The molecule has 0 unspecified atom stereocenters. The summed E-state index contributed by atoms with van der Waals surface area (Å²) >= 11 is 0. The number of imide groups is 1. The lowest BCUT2D eigenvalue weighted by Gasteiger charge is -2.31. The lowest BCUT2D eigenvalue weighted by Crippen LogP contribution is -2.55. The molecule has 1 N–H and O–H groups in total. The summed E-state index contributed by atoms with van der Waals surface area (Å²) in [4.78, 5) is 39.5. The number of hydrogen-bond acceptors (Lipinski definition) is 6. The van der Waals surface area contributed by atoms with Crippen molar-refractivity contribution >= 4 is 17.8 Å². The third-order valence-corrected chi connectivity index (χ3v) is 5.55. The largest absolute Gasteiger partial charge is 0.497 e.